The van der Waals surface area contributed by atoms with Crippen LogP contribution in [0.3, 0.4) is 0 Å². The molecule has 0 saturated heterocycles. The van der Waals surface area contributed by atoms with Gasteiger partial charge in [-0.2, -0.15) is 5.10 Å². The van der Waals surface area contributed by atoms with E-state index in [1.807, 2.05) is 14.0 Å². The van der Waals surface area contributed by atoms with E-state index < -0.39 is 0 Å². The standard InChI is InChI=1S/C10H17ClN4O/c1-6-9(11)8(15(4)14-6)5-13-7(2)10(16)12-3/h7,13H,5H2,1-4H3,(H,12,16). The smallest absolute Gasteiger partial charge is 0.236 e. The first-order valence-electron chi connectivity index (χ1n) is 5.10. The molecule has 1 heterocycles. The summed E-state index contributed by atoms with van der Waals surface area (Å²) in [6.07, 6.45) is 0. The van der Waals surface area contributed by atoms with Crippen molar-refractivity contribution >= 4 is 17.5 Å². The topological polar surface area (TPSA) is 59.0 Å². The second-order valence-corrected chi connectivity index (χ2v) is 4.06. The summed E-state index contributed by atoms with van der Waals surface area (Å²) in [7, 11) is 3.45. The van der Waals surface area contributed by atoms with Crippen molar-refractivity contribution < 1.29 is 4.79 Å². The maximum atomic E-state index is 11.3. The third-order valence-electron chi connectivity index (χ3n) is 2.48. The molecule has 1 unspecified atom stereocenters. The Morgan fingerprint density at radius 3 is 2.69 bits per heavy atom. The zero-order valence-electron chi connectivity index (χ0n) is 9.97. The Labute approximate surface area is 100 Å². The summed E-state index contributed by atoms with van der Waals surface area (Å²) in [6.45, 7) is 4.18. The molecule has 0 radical (unpaired) electrons. The van der Waals surface area contributed by atoms with Gasteiger partial charge in [0.15, 0.2) is 0 Å². The SMILES string of the molecule is CNC(=O)C(C)NCc1c(Cl)c(C)nn1C. The van der Waals surface area contributed by atoms with Crippen LogP contribution >= 0.6 is 11.6 Å². The van der Waals surface area contributed by atoms with E-state index in [9.17, 15) is 4.79 Å². The van der Waals surface area contributed by atoms with Gasteiger partial charge in [0.25, 0.3) is 0 Å². The lowest BCUT2D eigenvalue weighted by Crippen LogP contribution is -2.40. The molecule has 2 N–H and O–H groups in total. The molecule has 0 aliphatic rings. The largest absolute Gasteiger partial charge is 0.358 e. The van der Waals surface area contributed by atoms with Crippen molar-refractivity contribution in [2.45, 2.75) is 26.4 Å². The van der Waals surface area contributed by atoms with Crippen molar-refractivity contribution in [3.05, 3.63) is 16.4 Å². The summed E-state index contributed by atoms with van der Waals surface area (Å²) in [6, 6.07) is -0.253. The Balaban J connectivity index is 2.64. The number of nitrogens with zero attached hydrogens (tertiary/aromatic N) is 2. The second-order valence-electron chi connectivity index (χ2n) is 3.69. The molecular formula is C10H17ClN4O. The second kappa shape index (κ2) is 5.32. The molecule has 6 heteroatoms. The first-order valence-corrected chi connectivity index (χ1v) is 5.48. The van der Waals surface area contributed by atoms with Crippen molar-refractivity contribution in [2.24, 2.45) is 7.05 Å². The van der Waals surface area contributed by atoms with Gasteiger partial charge < -0.3 is 10.6 Å². The van der Waals surface area contributed by atoms with E-state index in [1.54, 1.807) is 18.7 Å². The van der Waals surface area contributed by atoms with Crippen LogP contribution in [0.5, 0.6) is 0 Å². The Morgan fingerprint density at radius 2 is 2.25 bits per heavy atom. The number of aryl methyl sites for hydroxylation is 2. The van der Waals surface area contributed by atoms with Crippen molar-refractivity contribution in [2.75, 3.05) is 7.05 Å². The van der Waals surface area contributed by atoms with Crippen LogP contribution in [0, 0.1) is 6.92 Å². The summed E-state index contributed by atoms with van der Waals surface area (Å²) in [5.41, 5.74) is 1.68. The predicted octanol–water partition coefficient (Wildman–Crippen LogP) is 0.606. The minimum Gasteiger partial charge on any atom is -0.358 e. The van der Waals surface area contributed by atoms with Crippen LogP contribution in [-0.2, 0) is 18.4 Å². The van der Waals surface area contributed by atoms with E-state index >= 15 is 0 Å². The fourth-order valence-electron chi connectivity index (χ4n) is 1.43. The van der Waals surface area contributed by atoms with Gasteiger partial charge in [-0.25, -0.2) is 0 Å². The molecule has 0 aliphatic carbocycles. The van der Waals surface area contributed by atoms with Crippen LogP contribution in [0.15, 0.2) is 0 Å². The molecule has 0 bridgehead atoms. The molecule has 0 spiro atoms. The molecule has 16 heavy (non-hydrogen) atoms. The van der Waals surface area contributed by atoms with Gasteiger partial charge in [0.1, 0.15) is 0 Å². The van der Waals surface area contributed by atoms with Crippen LogP contribution in [0.25, 0.3) is 0 Å². The van der Waals surface area contributed by atoms with Gasteiger partial charge >= 0.3 is 0 Å². The van der Waals surface area contributed by atoms with Crippen molar-refractivity contribution in [3.8, 4) is 0 Å². The van der Waals surface area contributed by atoms with Gasteiger partial charge in [0, 0.05) is 20.6 Å². The van der Waals surface area contributed by atoms with Crippen LogP contribution in [0.4, 0.5) is 0 Å². The Bertz CT molecular complexity index is 388. The van der Waals surface area contributed by atoms with E-state index in [0.717, 1.165) is 11.4 Å². The number of likely N-dealkylation sites (N-methyl/N-ethyl adjacent to an activating group) is 1. The number of amides is 1. The van der Waals surface area contributed by atoms with Gasteiger partial charge in [-0.15, -0.1) is 0 Å². The minimum absolute atomic E-state index is 0.0463. The predicted molar refractivity (Wildman–Crippen MR) is 63.3 cm³/mol. The van der Waals surface area contributed by atoms with Crippen LogP contribution in [0.2, 0.25) is 5.02 Å². The summed E-state index contributed by atoms with van der Waals surface area (Å²) < 4.78 is 1.72. The fraction of sp³-hybridized carbons (Fsp3) is 0.600. The van der Waals surface area contributed by atoms with Crippen LogP contribution in [-0.4, -0.2) is 28.8 Å². The third kappa shape index (κ3) is 2.74. The highest BCUT2D eigenvalue weighted by molar-refractivity contribution is 6.31. The highest BCUT2D eigenvalue weighted by Crippen LogP contribution is 2.18. The van der Waals surface area contributed by atoms with E-state index in [-0.39, 0.29) is 11.9 Å². The number of carbonyl (C=O) groups is 1. The van der Waals surface area contributed by atoms with Crippen molar-refractivity contribution in [1.29, 1.82) is 0 Å². The molecular weight excluding hydrogens is 228 g/mol. The van der Waals surface area contributed by atoms with Crippen LogP contribution in [0.1, 0.15) is 18.3 Å². The van der Waals surface area contributed by atoms with Gasteiger partial charge in [0.05, 0.1) is 22.5 Å². The molecule has 0 saturated carbocycles. The molecule has 1 aromatic rings. The van der Waals surface area contributed by atoms with E-state index in [0.29, 0.717) is 11.6 Å². The highest BCUT2D eigenvalue weighted by atomic mass is 35.5. The summed E-state index contributed by atoms with van der Waals surface area (Å²) in [5, 5.41) is 10.5. The number of carbonyl (C=O) groups excluding carboxylic acids is 1. The number of nitrogens with one attached hydrogen (secondary N) is 2. The quantitative estimate of drug-likeness (QED) is 0.816. The molecule has 1 rings (SSSR count). The Kier molecular flexibility index (Phi) is 4.32. The normalized spacial score (nSPS) is 12.6. The lowest BCUT2D eigenvalue weighted by Gasteiger charge is -2.12. The van der Waals surface area contributed by atoms with Gasteiger partial charge in [-0.3, -0.25) is 9.48 Å². The van der Waals surface area contributed by atoms with Gasteiger partial charge in [-0.05, 0) is 13.8 Å². The monoisotopic (exact) mass is 244 g/mol. The minimum atomic E-state index is -0.253. The molecule has 1 aromatic heterocycles. The number of rotatable bonds is 4. The zero-order chi connectivity index (χ0) is 12.3. The summed E-state index contributed by atoms with van der Waals surface area (Å²) >= 11 is 6.09. The number of hydrogen-bond acceptors (Lipinski definition) is 3. The number of aromatic nitrogens is 2. The van der Waals surface area contributed by atoms with Gasteiger partial charge in [0.2, 0.25) is 5.91 Å². The van der Waals surface area contributed by atoms with E-state index in [4.69, 9.17) is 11.6 Å². The average molecular weight is 245 g/mol. The fourth-order valence-corrected chi connectivity index (χ4v) is 1.66. The first-order chi connectivity index (χ1) is 7.47. The average Bonchev–Trinajstić information content (AvgIpc) is 2.49. The lowest BCUT2D eigenvalue weighted by atomic mass is 10.3. The molecule has 1 amide bonds. The maximum absolute atomic E-state index is 11.3. The molecule has 90 valence electrons. The van der Waals surface area contributed by atoms with E-state index in [1.165, 1.54) is 0 Å². The molecule has 0 aromatic carbocycles. The lowest BCUT2D eigenvalue weighted by molar-refractivity contribution is -0.122. The van der Waals surface area contributed by atoms with Crippen LogP contribution < -0.4 is 10.6 Å². The Morgan fingerprint density at radius 1 is 1.62 bits per heavy atom. The van der Waals surface area contributed by atoms with E-state index in [2.05, 4.69) is 15.7 Å². The Hall–Kier alpha value is -1.07. The number of hydrogen-bond donors (Lipinski definition) is 2. The third-order valence-corrected chi connectivity index (χ3v) is 2.97. The van der Waals surface area contributed by atoms with Gasteiger partial charge in [-0.1, -0.05) is 11.6 Å². The molecule has 0 fully saturated rings. The van der Waals surface area contributed by atoms with Crippen molar-refractivity contribution in [3.63, 3.8) is 0 Å². The molecule has 5 nitrogen and oxygen atoms in total. The maximum Gasteiger partial charge on any atom is 0.236 e. The summed E-state index contributed by atoms with van der Waals surface area (Å²) in [5.74, 6) is -0.0463. The first kappa shape index (κ1) is 13.0. The number of halogens is 1. The molecule has 1 atom stereocenters. The highest BCUT2D eigenvalue weighted by Gasteiger charge is 2.14. The zero-order valence-corrected chi connectivity index (χ0v) is 10.7. The molecule has 0 aliphatic heterocycles. The van der Waals surface area contributed by atoms with Crippen molar-refractivity contribution in [1.82, 2.24) is 20.4 Å². The summed E-state index contributed by atoms with van der Waals surface area (Å²) in [4.78, 5) is 11.3.